The average molecular weight is 294 g/mol. The third kappa shape index (κ3) is 3.16. The summed E-state index contributed by atoms with van der Waals surface area (Å²) in [4.78, 5) is 9.18. The lowest BCUT2D eigenvalue weighted by molar-refractivity contribution is -0.288. The van der Waals surface area contributed by atoms with E-state index in [1.54, 1.807) is 0 Å². The van der Waals surface area contributed by atoms with E-state index < -0.39 is 0 Å². The zero-order valence-corrected chi connectivity index (χ0v) is 14.5. The molecule has 0 saturated carbocycles. The van der Waals surface area contributed by atoms with Crippen molar-refractivity contribution >= 4 is 0 Å². The third-order valence-electron chi connectivity index (χ3n) is 6.07. The molecule has 0 aliphatic carbocycles. The van der Waals surface area contributed by atoms with E-state index in [2.05, 4.69) is 37.7 Å². The van der Waals surface area contributed by atoms with Crippen LogP contribution in [0.1, 0.15) is 72.6 Å². The van der Waals surface area contributed by atoms with E-state index in [4.69, 9.17) is 4.84 Å². The third-order valence-corrected chi connectivity index (χ3v) is 6.07. The van der Waals surface area contributed by atoms with Crippen molar-refractivity contribution < 1.29 is 4.84 Å². The summed E-state index contributed by atoms with van der Waals surface area (Å²) in [5.41, 5.74) is 0.345. The zero-order valence-electron chi connectivity index (χ0n) is 14.5. The van der Waals surface area contributed by atoms with Crippen molar-refractivity contribution in [2.45, 2.75) is 89.8 Å². The first-order valence-corrected chi connectivity index (χ1v) is 9.07. The van der Waals surface area contributed by atoms with Crippen LogP contribution >= 0.6 is 0 Å². The van der Waals surface area contributed by atoms with Crippen LogP contribution in [0.25, 0.3) is 0 Å². The lowest BCUT2D eigenvalue weighted by atomic mass is 9.82. The maximum atomic E-state index is 6.47. The first kappa shape index (κ1) is 15.8. The Bertz CT molecular complexity index is 350. The summed E-state index contributed by atoms with van der Waals surface area (Å²) in [7, 11) is 0. The lowest BCUT2D eigenvalue weighted by Gasteiger charge is -2.52. The van der Waals surface area contributed by atoms with E-state index in [0.717, 1.165) is 18.6 Å². The summed E-state index contributed by atoms with van der Waals surface area (Å²) in [6.07, 6.45) is 9.31. The van der Waals surface area contributed by atoms with Gasteiger partial charge in [-0.25, -0.2) is 0 Å². The second kappa shape index (κ2) is 5.82. The molecule has 0 aromatic rings. The minimum Gasteiger partial charge on any atom is -0.300 e. The van der Waals surface area contributed by atoms with E-state index in [1.165, 1.54) is 58.0 Å². The highest BCUT2D eigenvalue weighted by molar-refractivity contribution is 4.93. The molecular weight excluding hydrogens is 260 g/mol. The van der Waals surface area contributed by atoms with Gasteiger partial charge in [0.1, 0.15) is 0 Å². The molecule has 122 valence electrons. The molecule has 0 amide bonds. The van der Waals surface area contributed by atoms with Crippen molar-refractivity contribution in [1.29, 1.82) is 0 Å². The molecule has 0 radical (unpaired) electrons. The first-order valence-electron chi connectivity index (χ1n) is 9.07. The smallest absolute Gasteiger partial charge is 0.0728 e. The summed E-state index contributed by atoms with van der Waals surface area (Å²) in [6.45, 7) is 12.9. The number of fused-ring (bicyclic) bond motifs is 1. The van der Waals surface area contributed by atoms with Crippen molar-refractivity contribution in [3.05, 3.63) is 0 Å². The average Bonchev–Trinajstić information content (AvgIpc) is 2.85. The minimum atomic E-state index is 0.172. The normalized spacial score (nSPS) is 36.6. The van der Waals surface area contributed by atoms with E-state index in [9.17, 15) is 0 Å². The molecule has 0 bridgehead atoms. The molecule has 3 aliphatic rings. The Morgan fingerprint density at radius 1 is 0.905 bits per heavy atom. The lowest BCUT2D eigenvalue weighted by Crippen LogP contribution is -2.59. The van der Waals surface area contributed by atoms with Gasteiger partial charge in [0, 0.05) is 17.1 Å². The van der Waals surface area contributed by atoms with Crippen LogP contribution in [-0.4, -0.2) is 46.8 Å². The highest BCUT2D eigenvalue weighted by Gasteiger charge is 2.43. The van der Waals surface area contributed by atoms with Crippen LogP contribution in [0.5, 0.6) is 0 Å². The molecule has 3 nitrogen and oxygen atoms in total. The quantitative estimate of drug-likeness (QED) is 0.786. The van der Waals surface area contributed by atoms with Gasteiger partial charge in [0.2, 0.25) is 0 Å². The van der Waals surface area contributed by atoms with Gasteiger partial charge in [-0.1, -0.05) is 0 Å². The molecular formula is C18H34N2O. The van der Waals surface area contributed by atoms with Crippen LogP contribution in [0.15, 0.2) is 0 Å². The van der Waals surface area contributed by atoms with Gasteiger partial charge in [0.25, 0.3) is 0 Å². The predicted molar refractivity (Wildman–Crippen MR) is 87.1 cm³/mol. The topological polar surface area (TPSA) is 15.7 Å². The highest BCUT2D eigenvalue weighted by Crippen LogP contribution is 2.39. The van der Waals surface area contributed by atoms with E-state index >= 15 is 0 Å². The monoisotopic (exact) mass is 294 g/mol. The van der Waals surface area contributed by atoms with Crippen molar-refractivity contribution in [2.75, 3.05) is 19.7 Å². The molecule has 0 unspecified atom stereocenters. The minimum absolute atomic E-state index is 0.172. The van der Waals surface area contributed by atoms with Gasteiger partial charge in [0.15, 0.2) is 0 Å². The Morgan fingerprint density at radius 2 is 1.52 bits per heavy atom. The molecule has 3 heterocycles. The summed E-state index contributed by atoms with van der Waals surface area (Å²) in [5, 5.41) is 2.34. The predicted octanol–water partition coefficient (Wildman–Crippen LogP) is 3.84. The fourth-order valence-corrected chi connectivity index (χ4v) is 5.10. The standard InChI is InChI=1S/C18H34N2O/c1-17(2)10-7-11-18(3,4)20(17)21-14-15-8-5-12-19-13-6-9-16(15)19/h15-16H,5-14H2,1-4H3/t15-,16+/m0/s1. The fraction of sp³-hybridized carbons (Fsp3) is 1.00. The first-order chi connectivity index (χ1) is 9.90. The maximum absolute atomic E-state index is 6.47. The molecule has 3 saturated heterocycles. The zero-order chi connectivity index (χ0) is 15.1. The van der Waals surface area contributed by atoms with Crippen molar-refractivity contribution in [1.82, 2.24) is 9.96 Å². The van der Waals surface area contributed by atoms with E-state index in [0.29, 0.717) is 0 Å². The Balaban J connectivity index is 1.62. The summed E-state index contributed by atoms with van der Waals surface area (Å²) in [6, 6.07) is 0.801. The molecule has 2 atom stereocenters. The Morgan fingerprint density at radius 3 is 2.19 bits per heavy atom. The van der Waals surface area contributed by atoms with Gasteiger partial charge >= 0.3 is 0 Å². The number of nitrogens with zero attached hydrogens (tertiary/aromatic N) is 2. The van der Waals surface area contributed by atoms with Gasteiger partial charge in [-0.05, 0) is 91.6 Å². The van der Waals surface area contributed by atoms with Crippen LogP contribution in [-0.2, 0) is 4.84 Å². The highest BCUT2D eigenvalue weighted by atomic mass is 16.7. The second-order valence-electron chi connectivity index (χ2n) is 8.72. The number of hydroxylamine groups is 2. The molecule has 3 fully saturated rings. The Kier molecular flexibility index (Phi) is 4.37. The summed E-state index contributed by atoms with van der Waals surface area (Å²) >= 11 is 0. The van der Waals surface area contributed by atoms with Gasteiger partial charge in [-0.3, -0.25) is 4.84 Å². The number of rotatable bonds is 3. The van der Waals surface area contributed by atoms with Gasteiger partial charge in [0.05, 0.1) is 6.61 Å². The molecule has 0 N–H and O–H groups in total. The van der Waals surface area contributed by atoms with Crippen LogP contribution in [0.4, 0.5) is 0 Å². The van der Waals surface area contributed by atoms with Gasteiger partial charge in [-0.2, -0.15) is 5.06 Å². The number of piperidine rings is 2. The second-order valence-corrected chi connectivity index (χ2v) is 8.72. The molecule has 0 spiro atoms. The number of hydrogen-bond donors (Lipinski definition) is 0. The molecule has 0 aromatic heterocycles. The Labute approximate surface area is 131 Å². The SMILES string of the molecule is CC1(C)CCCC(C)(C)N1OC[C@@H]1CCCN2CCC[C@H]12. The van der Waals surface area contributed by atoms with Crippen LogP contribution in [0.2, 0.25) is 0 Å². The number of hydrogen-bond acceptors (Lipinski definition) is 3. The molecule has 3 aliphatic heterocycles. The molecule has 3 heteroatoms. The van der Waals surface area contributed by atoms with Crippen molar-refractivity contribution in [3.63, 3.8) is 0 Å². The van der Waals surface area contributed by atoms with Gasteiger partial charge in [-0.15, -0.1) is 0 Å². The summed E-state index contributed by atoms with van der Waals surface area (Å²) < 4.78 is 0. The van der Waals surface area contributed by atoms with Crippen molar-refractivity contribution in [2.24, 2.45) is 5.92 Å². The van der Waals surface area contributed by atoms with Crippen molar-refractivity contribution in [3.8, 4) is 0 Å². The van der Waals surface area contributed by atoms with Crippen LogP contribution in [0.3, 0.4) is 0 Å². The van der Waals surface area contributed by atoms with Crippen LogP contribution in [0, 0.1) is 5.92 Å². The Hall–Kier alpha value is -0.120. The summed E-state index contributed by atoms with van der Waals surface area (Å²) in [5.74, 6) is 0.745. The molecule has 21 heavy (non-hydrogen) atoms. The van der Waals surface area contributed by atoms with Gasteiger partial charge < -0.3 is 4.90 Å². The molecule has 3 rings (SSSR count). The van der Waals surface area contributed by atoms with E-state index in [-0.39, 0.29) is 11.1 Å². The van der Waals surface area contributed by atoms with Crippen LogP contribution < -0.4 is 0 Å². The fourth-order valence-electron chi connectivity index (χ4n) is 5.10. The van der Waals surface area contributed by atoms with E-state index in [1.807, 2.05) is 0 Å². The molecule has 0 aromatic carbocycles. The maximum Gasteiger partial charge on any atom is 0.0728 e. The largest absolute Gasteiger partial charge is 0.300 e.